The fourth-order valence-electron chi connectivity index (χ4n) is 1.62. The van der Waals surface area contributed by atoms with Crippen LogP contribution >= 0.6 is 11.3 Å². The van der Waals surface area contributed by atoms with Crippen molar-refractivity contribution in [3.63, 3.8) is 0 Å². The first kappa shape index (κ1) is 12.1. The maximum Gasteiger partial charge on any atom is 0.138 e. The van der Waals surface area contributed by atoms with Crippen molar-refractivity contribution in [1.82, 2.24) is 10.3 Å². The largest absolute Gasteiger partial charge is 0.506 e. The van der Waals surface area contributed by atoms with Gasteiger partial charge in [0.2, 0.25) is 0 Å². The van der Waals surface area contributed by atoms with Gasteiger partial charge in [-0.3, -0.25) is 4.98 Å². The van der Waals surface area contributed by atoms with Gasteiger partial charge in [0, 0.05) is 18.8 Å². The van der Waals surface area contributed by atoms with Gasteiger partial charge < -0.3 is 10.4 Å². The third kappa shape index (κ3) is 3.05. The van der Waals surface area contributed by atoms with Crippen LogP contribution in [0.5, 0.6) is 5.75 Å². The molecule has 0 aliphatic carbocycles. The zero-order chi connectivity index (χ0) is 12.3. The summed E-state index contributed by atoms with van der Waals surface area (Å²) in [5, 5.41) is 17.2. The summed E-state index contributed by atoms with van der Waals surface area (Å²) in [4.78, 5) is 4.30. The van der Waals surface area contributed by atoms with Crippen LogP contribution in [-0.4, -0.2) is 10.1 Å². The van der Waals surface area contributed by atoms with Crippen LogP contribution in [0, 0.1) is 13.8 Å². The second-order valence-corrected chi connectivity index (χ2v) is 4.85. The number of pyridine rings is 1. The van der Waals surface area contributed by atoms with E-state index in [9.17, 15) is 5.11 Å². The van der Waals surface area contributed by atoms with Crippen LogP contribution in [0.25, 0.3) is 0 Å². The molecule has 0 radical (unpaired) electrons. The molecule has 0 saturated carbocycles. The smallest absolute Gasteiger partial charge is 0.138 e. The number of aromatic nitrogens is 1. The minimum Gasteiger partial charge on any atom is -0.506 e. The SMILES string of the molecule is Cc1ccc(O)c(CNCc2cscc2C)n1. The number of nitrogens with zero attached hydrogens (tertiary/aromatic N) is 1. The van der Waals surface area contributed by atoms with Crippen LogP contribution in [0.1, 0.15) is 22.5 Å². The number of aromatic hydroxyl groups is 1. The van der Waals surface area contributed by atoms with E-state index in [1.54, 1.807) is 17.4 Å². The molecule has 90 valence electrons. The summed E-state index contributed by atoms with van der Waals surface area (Å²) in [5.74, 6) is 0.255. The van der Waals surface area contributed by atoms with E-state index in [2.05, 4.69) is 28.0 Å². The summed E-state index contributed by atoms with van der Waals surface area (Å²) in [6.07, 6.45) is 0. The molecule has 17 heavy (non-hydrogen) atoms. The Morgan fingerprint density at radius 3 is 2.76 bits per heavy atom. The lowest BCUT2D eigenvalue weighted by Crippen LogP contribution is -2.14. The van der Waals surface area contributed by atoms with E-state index in [0.717, 1.165) is 12.2 Å². The molecule has 2 aromatic heterocycles. The molecule has 0 spiro atoms. The van der Waals surface area contributed by atoms with Crippen molar-refractivity contribution in [2.45, 2.75) is 26.9 Å². The van der Waals surface area contributed by atoms with Crippen molar-refractivity contribution in [2.24, 2.45) is 0 Å². The lowest BCUT2D eigenvalue weighted by Gasteiger charge is -2.06. The quantitative estimate of drug-likeness (QED) is 0.874. The molecule has 0 unspecified atom stereocenters. The predicted octanol–water partition coefficient (Wildman–Crippen LogP) is 2.76. The maximum absolute atomic E-state index is 9.65. The Kier molecular flexibility index (Phi) is 3.76. The van der Waals surface area contributed by atoms with Crippen LogP contribution in [0.2, 0.25) is 0 Å². The van der Waals surface area contributed by atoms with Crippen molar-refractivity contribution in [3.05, 3.63) is 45.4 Å². The Labute approximate surface area is 105 Å². The molecular weight excluding hydrogens is 232 g/mol. The van der Waals surface area contributed by atoms with Crippen LogP contribution in [0.4, 0.5) is 0 Å². The Morgan fingerprint density at radius 1 is 1.24 bits per heavy atom. The van der Waals surface area contributed by atoms with Gasteiger partial charge in [-0.2, -0.15) is 11.3 Å². The Bertz CT molecular complexity index is 508. The molecule has 2 rings (SSSR count). The Morgan fingerprint density at radius 2 is 2.06 bits per heavy atom. The summed E-state index contributed by atoms with van der Waals surface area (Å²) in [7, 11) is 0. The van der Waals surface area contributed by atoms with E-state index in [1.165, 1.54) is 11.1 Å². The molecule has 0 aliphatic rings. The van der Waals surface area contributed by atoms with Crippen LogP contribution in [-0.2, 0) is 13.1 Å². The molecule has 2 heterocycles. The zero-order valence-electron chi connectivity index (χ0n) is 10.0. The molecule has 0 aliphatic heterocycles. The number of aryl methyl sites for hydroxylation is 2. The molecule has 0 aromatic carbocycles. The Hall–Kier alpha value is -1.39. The van der Waals surface area contributed by atoms with Crippen LogP contribution < -0.4 is 5.32 Å². The molecular formula is C13H16N2OS. The normalized spacial score (nSPS) is 10.7. The highest BCUT2D eigenvalue weighted by atomic mass is 32.1. The molecule has 0 saturated heterocycles. The van der Waals surface area contributed by atoms with Crippen molar-refractivity contribution in [2.75, 3.05) is 0 Å². The summed E-state index contributed by atoms with van der Waals surface area (Å²) < 4.78 is 0. The molecule has 0 amide bonds. The first-order valence-electron chi connectivity index (χ1n) is 5.54. The van der Waals surface area contributed by atoms with Crippen molar-refractivity contribution in [1.29, 1.82) is 0 Å². The lowest BCUT2D eigenvalue weighted by atomic mass is 10.2. The molecule has 0 fully saturated rings. The standard InChI is InChI=1S/C13H16N2OS/c1-9-7-17-8-11(9)5-14-6-12-13(16)4-3-10(2)15-12/h3-4,7-8,14,16H,5-6H2,1-2H3. The fraction of sp³-hybridized carbons (Fsp3) is 0.308. The maximum atomic E-state index is 9.65. The van der Waals surface area contributed by atoms with Gasteiger partial charge in [-0.1, -0.05) is 0 Å². The van der Waals surface area contributed by atoms with E-state index in [4.69, 9.17) is 0 Å². The molecule has 3 nitrogen and oxygen atoms in total. The summed E-state index contributed by atoms with van der Waals surface area (Å²) in [6, 6.07) is 3.50. The predicted molar refractivity (Wildman–Crippen MR) is 70.2 cm³/mol. The van der Waals surface area contributed by atoms with Gasteiger partial charge in [-0.15, -0.1) is 0 Å². The molecule has 4 heteroatoms. The minimum absolute atomic E-state index is 0.255. The van der Waals surface area contributed by atoms with E-state index in [0.29, 0.717) is 12.2 Å². The Balaban J connectivity index is 1.94. The highest BCUT2D eigenvalue weighted by Gasteiger charge is 2.03. The summed E-state index contributed by atoms with van der Waals surface area (Å²) in [5.41, 5.74) is 4.25. The van der Waals surface area contributed by atoms with Gasteiger partial charge >= 0.3 is 0 Å². The minimum atomic E-state index is 0.255. The van der Waals surface area contributed by atoms with E-state index < -0.39 is 0 Å². The molecule has 2 N–H and O–H groups in total. The van der Waals surface area contributed by atoms with Gasteiger partial charge in [0.1, 0.15) is 5.75 Å². The summed E-state index contributed by atoms with van der Waals surface area (Å²) >= 11 is 1.71. The molecule has 2 aromatic rings. The van der Waals surface area contributed by atoms with Crippen molar-refractivity contribution < 1.29 is 5.11 Å². The average Bonchev–Trinajstić information content (AvgIpc) is 2.70. The number of hydrogen-bond acceptors (Lipinski definition) is 4. The van der Waals surface area contributed by atoms with Crippen LogP contribution in [0.3, 0.4) is 0 Å². The third-order valence-corrected chi connectivity index (χ3v) is 3.57. The average molecular weight is 248 g/mol. The molecule has 0 bridgehead atoms. The fourth-order valence-corrected chi connectivity index (χ4v) is 2.47. The lowest BCUT2D eigenvalue weighted by molar-refractivity contribution is 0.459. The number of thiophene rings is 1. The topological polar surface area (TPSA) is 45.1 Å². The first-order chi connectivity index (χ1) is 8.16. The highest BCUT2D eigenvalue weighted by molar-refractivity contribution is 7.08. The first-order valence-corrected chi connectivity index (χ1v) is 6.49. The van der Waals surface area contributed by atoms with Gasteiger partial charge in [0.15, 0.2) is 0 Å². The van der Waals surface area contributed by atoms with Crippen LogP contribution in [0.15, 0.2) is 22.9 Å². The van der Waals surface area contributed by atoms with Gasteiger partial charge in [0.05, 0.1) is 5.69 Å². The number of rotatable bonds is 4. The van der Waals surface area contributed by atoms with E-state index in [1.807, 2.05) is 13.0 Å². The van der Waals surface area contributed by atoms with E-state index >= 15 is 0 Å². The van der Waals surface area contributed by atoms with Gasteiger partial charge in [-0.25, -0.2) is 0 Å². The second kappa shape index (κ2) is 5.29. The highest BCUT2D eigenvalue weighted by Crippen LogP contribution is 2.16. The second-order valence-electron chi connectivity index (χ2n) is 4.10. The van der Waals surface area contributed by atoms with Crippen molar-refractivity contribution in [3.8, 4) is 5.75 Å². The zero-order valence-corrected chi connectivity index (χ0v) is 10.8. The summed E-state index contributed by atoms with van der Waals surface area (Å²) in [6.45, 7) is 5.43. The monoisotopic (exact) mass is 248 g/mol. The van der Waals surface area contributed by atoms with E-state index in [-0.39, 0.29) is 5.75 Å². The van der Waals surface area contributed by atoms with Crippen molar-refractivity contribution >= 4 is 11.3 Å². The molecule has 0 atom stereocenters. The van der Waals surface area contributed by atoms with Gasteiger partial charge in [0.25, 0.3) is 0 Å². The van der Waals surface area contributed by atoms with Gasteiger partial charge in [-0.05, 0) is 47.9 Å². The number of nitrogens with one attached hydrogen (secondary N) is 1. The third-order valence-electron chi connectivity index (χ3n) is 2.66. The number of hydrogen-bond donors (Lipinski definition) is 2.